The number of fused-ring (bicyclic) bond motifs is 1. The lowest BCUT2D eigenvalue weighted by Crippen LogP contribution is -2.08. The smallest absolute Gasteiger partial charge is 0.339 e. The molecule has 0 aliphatic rings. The van der Waals surface area contributed by atoms with Crippen molar-refractivity contribution in [3.63, 3.8) is 0 Å². The van der Waals surface area contributed by atoms with Crippen molar-refractivity contribution in [1.29, 1.82) is 5.26 Å². The first kappa shape index (κ1) is 14.8. The quantitative estimate of drug-likeness (QED) is 0.667. The lowest BCUT2D eigenvalue weighted by Gasteiger charge is -2.14. The molecule has 0 spiro atoms. The maximum Gasteiger partial charge on any atom is 0.339 e. The molecule has 0 fully saturated rings. The van der Waals surface area contributed by atoms with Crippen molar-refractivity contribution in [3.05, 3.63) is 71.8 Å². The third-order valence-electron chi connectivity index (χ3n) is 3.73. The topological polar surface area (TPSA) is 50.1 Å². The third kappa shape index (κ3) is 2.67. The SMILES string of the molecule is CCOC(=O)c1c(-c2ccccc2)cc(C#N)c2ccccc12. The van der Waals surface area contributed by atoms with Crippen LogP contribution >= 0.6 is 0 Å². The van der Waals surface area contributed by atoms with Gasteiger partial charge in [-0.15, -0.1) is 0 Å². The van der Waals surface area contributed by atoms with Gasteiger partial charge in [0.15, 0.2) is 0 Å². The predicted molar refractivity (Wildman–Crippen MR) is 90.1 cm³/mol. The monoisotopic (exact) mass is 301 g/mol. The molecule has 0 radical (unpaired) electrons. The van der Waals surface area contributed by atoms with Gasteiger partial charge in [-0.2, -0.15) is 5.26 Å². The van der Waals surface area contributed by atoms with E-state index in [1.807, 2.05) is 54.6 Å². The van der Waals surface area contributed by atoms with Crippen LogP contribution in [0.15, 0.2) is 60.7 Å². The van der Waals surface area contributed by atoms with Gasteiger partial charge in [-0.3, -0.25) is 0 Å². The summed E-state index contributed by atoms with van der Waals surface area (Å²) in [5, 5.41) is 11.0. The van der Waals surface area contributed by atoms with Gasteiger partial charge in [-0.25, -0.2) is 4.79 Å². The highest BCUT2D eigenvalue weighted by atomic mass is 16.5. The molecule has 3 rings (SSSR count). The number of rotatable bonds is 3. The van der Waals surface area contributed by atoms with Crippen molar-refractivity contribution in [2.45, 2.75) is 6.92 Å². The van der Waals surface area contributed by atoms with E-state index < -0.39 is 0 Å². The number of nitriles is 1. The van der Waals surface area contributed by atoms with Crippen molar-refractivity contribution in [2.24, 2.45) is 0 Å². The van der Waals surface area contributed by atoms with Crippen LogP contribution in [0.2, 0.25) is 0 Å². The molecule has 0 aliphatic carbocycles. The maximum atomic E-state index is 12.5. The van der Waals surface area contributed by atoms with Crippen molar-refractivity contribution >= 4 is 16.7 Å². The van der Waals surface area contributed by atoms with Crippen LogP contribution in [0, 0.1) is 11.3 Å². The van der Waals surface area contributed by atoms with Crippen LogP contribution in [0.3, 0.4) is 0 Å². The van der Waals surface area contributed by atoms with Crippen LogP contribution in [-0.2, 0) is 4.74 Å². The Labute approximate surface area is 134 Å². The molecule has 3 aromatic carbocycles. The Balaban J connectivity index is 2.40. The molecule has 0 N–H and O–H groups in total. The van der Waals surface area contributed by atoms with Crippen molar-refractivity contribution in [3.8, 4) is 17.2 Å². The number of benzene rings is 3. The summed E-state index contributed by atoms with van der Waals surface area (Å²) in [6, 6.07) is 21.0. The summed E-state index contributed by atoms with van der Waals surface area (Å²) >= 11 is 0. The number of nitrogens with zero attached hydrogens (tertiary/aromatic N) is 1. The van der Waals surface area contributed by atoms with Crippen LogP contribution in [0.5, 0.6) is 0 Å². The normalized spacial score (nSPS) is 10.3. The van der Waals surface area contributed by atoms with E-state index in [0.717, 1.165) is 21.9 Å². The molecule has 23 heavy (non-hydrogen) atoms. The van der Waals surface area contributed by atoms with Gasteiger partial charge < -0.3 is 4.74 Å². The van der Waals surface area contributed by atoms with Gasteiger partial charge in [0, 0.05) is 5.39 Å². The second-order valence-corrected chi connectivity index (χ2v) is 5.09. The minimum atomic E-state index is -0.368. The zero-order valence-electron chi connectivity index (χ0n) is 12.7. The third-order valence-corrected chi connectivity index (χ3v) is 3.73. The molecule has 3 nitrogen and oxygen atoms in total. The highest BCUT2D eigenvalue weighted by Gasteiger charge is 2.20. The Kier molecular flexibility index (Phi) is 4.07. The number of hydrogen-bond donors (Lipinski definition) is 0. The van der Waals surface area contributed by atoms with Crippen LogP contribution in [0.4, 0.5) is 0 Å². The highest BCUT2D eigenvalue weighted by Crippen LogP contribution is 2.33. The van der Waals surface area contributed by atoms with Gasteiger partial charge in [0.2, 0.25) is 0 Å². The van der Waals surface area contributed by atoms with Crippen LogP contribution in [0.25, 0.3) is 21.9 Å². The molecule has 0 aliphatic heterocycles. The van der Waals surface area contributed by atoms with E-state index in [0.29, 0.717) is 17.7 Å². The molecule has 0 amide bonds. The van der Waals surface area contributed by atoms with Gasteiger partial charge in [-0.1, -0.05) is 54.6 Å². The average Bonchev–Trinajstić information content (AvgIpc) is 2.61. The number of esters is 1. The highest BCUT2D eigenvalue weighted by molar-refractivity contribution is 6.11. The first-order chi connectivity index (χ1) is 11.3. The summed E-state index contributed by atoms with van der Waals surface area (Å²) in [7, 11) is 0. The molecule has 0 saturated carbocycles. The summed E-state index contributed by atoms with van der Waals surface area (Å²) in [6.45, 7) is 2.09. The largest absolute Gasteiger partial charge is 0.462 e. The first-order valence-electron chi connectivity index (χ1n) is 7.44. The zero-order valence-corrected chi connectivity index (χ0v) is 12.7. The minimum absolute atomic E-state index is 0.307. The molecule has 0 bridgehead atoms. The summed E-state index contributed by atoms with van der Waals surface area (Å²) in [6.07, 6.45) is 0. The van der Waals surface area contributed by atoms with E-state index in [1.165, 1.54) is 0 Å². The van der Waals surface area contributed by atoms with Crippen molar-refractivity contribution < 1.29 is 9.53 Å². The van der Waals surface area contributed by atoms with E-state index in [2.05, 4.69) is 6.07 Å². The lowest BCUT2D eigenvalue weighted by molar-refractivity contribution is 0.0529. The lowest BCUT2D eigenvalue weighted by atomic mass is 9.91. The fourth-order valence-electron chi connectivity index (χ4n) is 2.74. The van der Waals surface area contributed by atoms with Crippen LogP contribution < -0.4 is 0 Å². The van der Waals surface area contributed by atoms with Gasteiger partial charge in [0.05, 0.1) is 23.8 Å². The first-order valence-corrected chi connectivity index (χ1v) is 7.44. The van der Waals surface area contributed by atoms with Crippen LogP contribution in [0.1, 0.15) is 22.8 Å². The number of ether oxygens (including phenoxy) is 1. The maximum absolute atomic E-state index is 12.5. The van der Waals surface area contributed by atoms with Gasteiger partial charge in [0.25, 0.3) is 0 Å². The second kappa shape index (κ2) is 6.33. The van der Waals surface area contributed by atoms with Crippen molar-refractivity contribution in [1.82, 2.24) is 0 Å². The molecular formula is C20H15NO2. The average molecular weight is 301 g/mol. The van der Waals surface area contributed by atoms with E-state index in [-0.39, 0.29) is 5.97 Å². The van der Waals surface area contributed by atoms with E-state index in [9.17, 15) is 10.1 Å². The van der Waals surface area contributed by atoms with E-state index >= 15 is 0 Å². The summed E-state index contributed by atoms with van der Waals surface area (Å²) < 4.78 is 5.25. The second-order valence-electron chi connectivity index (χ2n) is 5.09. The molecular weight excluding hydrogens is 286 g/mol. The minimum Gasteiger partial charge on any atom is -0.462 e. The molecule has 0 saturated heterocycles. The molecule has 3 heteroatoms. The Morgan fingerprint density at radius 3 is 2.35 bits per heavy atom. The Morgan fingerprint density at radius 1 is 1.04 bits per heavy atom. The fraction of sp³-hybridized carbons (Fsp3) is 0.100. The summed E-state index contributed by atoms with van der Waals surface area (Å²) in [4.78, 5) is 12.5. The molecule has 0 aromatic heterocycles. The molecule has 3 aromatic rings. The van der Waals surface area contributed by atoms with E-state index in [1.54, 1.807) is 13.0 Å². The summed E-state index contributed by atoms with van der Waals surface area (Å²) in [5.74, 6) is -0.368. The predicted octanol–water partition coefficient (Wildman–Crippen LogP) is 4.56. The fourth-order valence-corrected chi connectivity index (χ4v) is 2.74. The molecule has 112 valence electrons. The number of carbonyl (C=O) groups excluding carboxylic acids is 1. The number of hydrogen-bond acceptors (Lipinski definition) is 3. The molecule has 0 unspecified atom stereocenters. The summed E-state index contributed by atoms with van der Waals surface area (Å²) in [5.41, 5.74) is 2.66. The number of carbonyl (C=O) groups is 1. The standard InChI is InChI=1S/C20H15NO2/c1-2-23-20(22)19-17-11-7-6-10-16(17)15(13-21)12-18(19)14-8-4-3-5-9-14/h3-12H,2H2,1H3. The molecule has 0 heterocycles. The van der Waals surface area contributed by atoms with Gasteiger partial charge in [-0.05, 0) is 29.5 Å². The molecule has 0 atom stereocenters. The Hall–Kier alpha value is -3.12. The Bertz CT molecular complexity index is 908. The van der Waals surface area contributed by atoms with E-state index in [4.69, 9.17) is 4.74 Å². The Morgan fingerprint density at radius 2 is 1.70 bits per heavy atom. The van der Waals surface area contributed by atoms with Gasteiger partial charge in [0.1, 0.15) is 0 Å². The van der Waals surface area contributed by atoms with Gasteiger partial charge >= 0.3 is 5.97 Å². The van der Waals surface area contributed by atoms with Crippen molar-refractivity contribution in [2.75, 3.05) is 6.61 Å². The zero-order chi connectivity index (χ0) is 16.2. The van der Waals surface area contributed by atoms with Crippen LogP contribution in [-0.4, -0.2) is 12.6 Å².